The van der Waals surface area contributed by atoms with Crippen molar-refractivity contribution in [2.24, 2.45) is 0 Å². The zero-order valence-corrected chi connectivity index (χ0v) is 16.4. The lowest BCUT2D eigenvalue weighted by Crippen LogP contribution is -2.19. The molecule has 0 atom stereocenters. The summed E-state index contributed by atoms with van der Waals surface area (Å²) >= 11 is 3.46. The Bertz CT molecular complexity index is 1100. The Morgan fingerprint density at radius 2 is 1.70 bits per heavy atom. The van der Waals surface area contributed by atoms with Crippen LogP contribution in [-0.2, 0) is 11.3 Å². The number of carbonyl (C=O) groups is 1. The molecule has 3 aromatic carbocycles. The summed E-state index contributed by atoms with van der Waals surface area (Å²) in [6.07, 6.45) is 0. The molecule has 1 amide bonds. The SMILES string of the molecule is Cc1ccc(NC(=O)Cn2c(-c3ccc(Br)cc3)nc3ccccc32)cc1. The summed E-state index contributed by atoms with van der Waals surface area (Å²) in [5.41, 5.74) is 4.73. The summed E-state index contributed by atoms with van der Waals surface area (Å²) in [6.45, 7) is 2.22. The Labute approximate surface area is 166 Å². The number of aromatic nitrogens is 2. The second-order valence-corrected chi connectivity index (χ2v) is 7.35. The van der Waals surface area contributed by atoms with Gasteiger partial charge in [0.1, 0.15) is 12.4 Å². The van der Waals surface area contributed by atoms with E-state index in [2.05, 4.69) is 21.2 Å². The fourth-order valence-corrected chi connectivity index (χ4v) is 3.30. The van der Waals surface area contributed by atoms with Crippen molar-refractivity contribution in [2.45, 2.75) is 13.5 Å². The number of nitrogens with zero attached hydrogens (tertiary/aromatic N) is 2. The maximum atomic E-state index is 12.7. The van der Waals surface area contributed by atoms with E-state index in [0.29, 0.717) is 0 Å². The lowest BCUT2D eigenvalue weighted by molar-refractivity contribution is -0.116. The van der Waals surface area contributed by atoms with Crippen molar-refractivity contribution in [3.8, 4) is 11.4 Å². The Balaban J connectivity index is 1.69. The van der Waals surface area contributed by atoms with E-state index >= 15 is 0 Å². The summed E-state index contributed by atoms with van der Waals surface area (Å²) in [7, 11) is 0. The molecule has 0 saturated carbocycles. The van der Waals surface area contributed by atoms with Gasteiger partial charge in [0.2, 0.25) is 5.91 Å². The summed E-state index contributed by atoms with van der Waals surface area (Å²) in [4.78, 5) is 17.4. The van der Waals surface area contributed by atoms with Crippen molar-refractivity contribution in [3.63, 3.8) is 0 Å². The third kappa shape index (κ3) is 3.78. The molecular formula is C22H18BrN3O. The Morgan fingerprint density at radius 3 is 2.44 bits per heavy atom. The minimum absolute atomic E-state index is 0.0830. The van der Waals surface area contributed by atoms with Gasteiger partial charge >= 0.3 is 0 Å². The van der Waals surface area contributed by atoms with E-state index in [1.165, 1.54) is 0 Å². The van der Waals surface area contributed by atoms with E-state index in [4.69, 9.17) is 4.98 Å². The molecule has 0 spiro atoms. The third-order valence-corrected chi connectivity index (χ3v) is 4.92. The number of hydrogen-bond acceptors (Lipinski definition) is 2. The van der Waals surface area contributed by atoms with Crippen LogP contribution in [0.1, 0.15) is 5.56 Å². The second kappa shape index (κ2) is 7.37. The van der Waals surface area contributed by atoms with Crippen molar-refractivity contribution >= 4 is 38.6 Å². The molecule has 5 heteroatoms. The van der Waals surface area contributed by atoms with Gasteiger partial charge in [0.15, 0.2) is 0 Å². The van der Waals surface area contributed by atoms with Crippen molar-refractivity contribution in [2.75, 3.05) is 5.32 Å². The van der Waals surface area contributed by atoms with Gasteiger partial charge in [0.25, 0.3) is 0 Å². The zero-order valence-electron chi connectivity index (χ0n) is 14.8. The van der Waals surface area contributed by atoms with Crippen LogP contribution in [0.4, 0.5) is 5.69 Å². The number of fused-ring (bicyclic) bond motifs is 1. The monoisotopic (exact) mass is 419 g/mol. The van der Waals surface area contributed by atoms with Crippen LogP contribution in [-0.4, -0.2) is 15.5 Å². The number of anilines is 1. The van der Waals surface area contributed by atoms with Gasteiger partial charge < -0.3 is 9.88 Å². The van der Waals surface area contributed by atoms with E-state index in [1.54, 1.807) is 0 Å². The second-order valence-electron chi connectivity index (χ2n) is 6.43. The van der Waals surface area contributed by atoms with Gasteiger partial charge in [0.05, 0.1) is 11.0 Å². The molecular weight excluding hydrogens is 402 g/mol. The molecule has 4 rings (SSSR count). The molecule has 4 nitrogen and oxygen atoms in total. The first-order valence-corrected chi connectivity index (χ1v) is 9.47. The molecule has 0 saturated heterocycles. The van der Waals surface area contributed by atoms with Gasteiger partial charge in [-0.3, -0.25) is 4.79 Å². The van der Waals surface area contributed by atoms with E-state index in [0.717, 1.165) is 38.1 Å². The molecule has 27 heavy (non-hydrogen) atoms. The quantitative estimate of drug-likeness (QED) is 0.480. The molecule has 0 aliphatic heterocycles. The predicted octanol–water partition coefficient (Wildman–Crippen LogP) is 5.41. The van der Waals surface area contributed by atoms with Crippen LogP contribution in [0.5, 0.6) is 0 Å². The predicted molar refractivity (Wildman–Crippen MR) is 113 cm³/mol. The third-order valence-electron chi connectivity index (χ3n) is 4.39. The Morgan fingerprint density at radius 1 is 1.00 bits per heavy atom. The molecule has 0 fully saturated rings. The molecule has 1 heterocycles. The standard InChI is InChI=1S/C22H18BrN3O/c1-15-6-12-18(13-7-15)24-21(27)14-26-20-5-3-2-4-19(20)25-22(26)16-8-10-17(23)11-9-16/h2-13H,14H2,1H3,(H,24,27). The molecule has 1 N–H and O–H groups in total. The normalized spacial score (nSPS) is 10.9. The van der Waals surface area contributed by atoms with Gasteiger partial charge in [-0.15, -0.1) is 0 Å². The zero-order chi connectivity index (χ0) is 18.8. The van der Waals surface area contributed by atoms with E-state index in [9.17, 15) is 4.79 Å². The average molecular weight is 420 g/mol. The number of benzene rings is 3. The van der Waals surface area contributed by atoms with Gasteiger partial charge in [-0.1, -0.05) is 57.9 Å². The molecule has 1 aromatic heterocycles. The number of carbonyl (C=O) groups excluding carboxylic acids is 1. The number of para-hydroxylation sites is 2. The summed E-state index contributed by atoms with van der Waals surface area (Å²) in [5.74, 6) is 0.697. The van der Waals surface area contributed by atoms with Crippen LogP contribution in [0, 0.1) is 6.92 Å². The largest absolute Gasteiger partial charge is 0.325 e. The molecule has 0 aliphatic rings. The number of aryl methyl sites for hydroxylation is 1. The van der Waals surface area contributed by atoms with Gasteiger partial charge in [-0.2, -0.15) is 0 Å². The first kappa shape index (κ1) is 17.5. The highest BCUT2D eigenvalue weighted by atomic mass is 79.9. The summed E-state index contributed by atoms with van der Waals surface area (Å²) < 4.78 is 2.97. The topological polar surface area (TPSA) is 46.9 Å². The number of amides is 1. The lowest BCUT2D eigenvalue weighted by Gasteiger charge is -2.10. The highest BCUT2D eigenvalue weighted by Gasteiger charge is 2.15. The van der Waals surface area contributed by atoms with Crippen molar-refractivity contribution in [3.05, 3.63) is 82.8 Å². The summed E-state index contributed by atoms with van der Waals surface area (Å²) in [6, 6.07) is 23.6. The summed E-state index contributed by atoms with van der Waals surface area (Å²) in [5, 5.41) is 2.96. The molecule has 4 aromatic rings. The highest BCUT2D eigenvalue weighted by Crippen LogP contribution is 2.26. The first-order valence-electron chi connectivity index (χ1n) is 8.68. The van der Waals surface area contributed by atoms with Crippen LogP contribution in [0.25, 0.3) is 22.4 Å². The van der Waals surface area contributed by atoms with Crippen molar-refractivity contribution in [1.82, 2.24) is 9.55 Å². The fraction of sp³-hybridized carbons (Fsp3) is 0.0909. The number of hydrogen-bond donors (Lipinski definition) is 1. The van der Waals surface area contributed by atoms with Crippen LogP contribution in [0.2, 0.25) is 0 Å². The van der Waals surface area contributed by atoms with E-state index in [1.807, 2.05) is 84.3 Å². The lowest BCUT2D eigenvalue weighted by atomic mass is 10.2. The van der Waals surface area contributed by atoms with Crippen LogP contribution in [0.15, 0.2) is 77.3 Å². The average Bonchev–Trinajstić information content (AvgIpc) is 3.03. The molecule has 134 valence electrons. The van der Waals surface area contributed by atoms with Crippen LogP contribution in [0.3, 0.4) is 0 Å². The molecule has 0 radical (unpaired) electrons. The minimum Gasteiger partial charge on any atom is -0.325 e. The minimum atomic E-state index is -0.0830. The molecule has 0 bridgehead atoms. The molecule has 0 unspecified atom stereocenters. The Kier molecular flexibility index (Phi) is 4.77. The molecule has 0 aliphatic carbocycles. The van der Waals surface area contributed by atoms with Crippen LogP contribution < -0.4 is 5.32 Å². The highest BCUT2D eigenvalue weighted by molar-refractivity contribution is 9.10. The maximum Gasteiger partial charge on any atom is 0.244 e. The number of rotatable bonds is 4. The van der Waals surface area contributed by atoms with Gasteiger partial charge in [-0.05, 0) is 43.3 Å². The number of nitrogens with one attached hydrogen (secondary N) is 1. The van der Waals surface area contributed by atoms with Gasteiger partial charge in [-0.25, -0.2) is 4.98 Å². The van der Waals surface area contributed by atoms with Crippen molar-refractivity contribution < 1.29 is 4.79 Å². The van der Waals surface area contributed by atoms with Crippen molar-refractivity contribution in [1.29, 1.82) is 0 Å². The maximum absolute atomic E-state index is 12.7. The smallest absolute Gasteiger partial charge is 0.244 e. The van der Waals surface area contributed by atoms with E-state index in [-0.39, 0.29) is 12.5 Å². The first-order chi connectivity index (χ1) is 13.1. The number of imidazole rings is 1. The van der Waals surface area contributed by atoms with Crippen LogP contribution >= 0.6 is 15.9 Å². The fourth-order valence-electron chi connectivity index (χ4n) is 3.04. The van der Waals surface area contributed by atoms with E-state index < -0.39 is 0 Å². The van der Waals surface area contributed by atoms with Gasteiger partial charge in [0, 0.05) is 15.7 Å². The Hall–Kier alpha value is -2.92. The number of halogens is 1.